The minimum absolute atomic E-state index is 0.167. The maximum Gasteiger partial charge on any atom is 0.261 e. The number of nitrogens with one attached hydrogen (secondary N) is 2. The second kappa shape index (κ2) is 12.0. The van der Waals surface area contributed by atoms with Crippen LogP contribution in [0.25, 0.3) is 10.2 Å². The summed E-state index contributed by atoms with van der Waals surface area (Å²) in [5, 5.41) is 4.44. The molecular weight excluding hydrogens is 570 g/mol. The smallest absolute Gasteiger partial charge is 0.261 e. The van der Waals surface area contributed by atoms with Crippen molar-refractivity contribution in [2.24, 2.45) is 0 Å². The van der Waals surface area contributed by atoms with Crippen molar-refractivity contribution in [2.45, 2.75) is 11.8 Å². The maximum absolute atomic E-state index is 12.8. The number of halogens is 1. The molecule has 0 radical (unpaired) electrons. The average Bonchev–Trinajstić information content (AvgIpc) is 3.38. The summed E-state index contributed by atoms with van der Waals surface area (Å²) < 4.78 is 34.4. The van der Waals surface area contributed by atoms with Crippen LogP contribution in [0, 0.1) is 6.92 Å². The zero-order chi connectivity index (χ0) is 28.3. The lowest BCUT2D eigenvalue weighted by atomic mass is 10.2. The summed E-state index contributed by atoms with van der Waals surface area (Å²) in [6.07, 6.45) is 0. The molecule has 4 aromatic rings. The van der Waals surface area contributed by atoms with Crippen molar-refractivity contribution in [3.63, 3.8) is 0 Å². The Morgan fingerprint density at radius 2 is 1.82 bits per heavy atom. The molecule has 210 valence electrons. The van der Waals surface area contributed by atoms with E-state index in [4.69, 9.17) is 21.3 Å². The summed E-state index contributed by atoms with van der Waals surface area (Å²) in [5.74, 6) is 0.349. The molecule has 0 saturated carbocycles. The highest BCUT2D eigenvalue weighted by Crippen LogP contribution is 2.38. The van der Waals surface area contributed by atoms with E-state index in [1.165, 1.54) is 0 Å². The number of rotatable bonds is 9. The van der Waals surface area contributed by atoms with Crippen molar-refractivity contribution < 1.29 is 17.9 Å². The van der Waals surface area contributed by atoms with Gasteiger partial charge in [-0.15, -0.1) is 0 Å². The quantitative estimate of drug-likeness (QED) is 0.289. The van der Waals surface area contributed by atoms with Crippen LogP contribution in [0.5, 0.6) is 5.75 Å². The Hall–Kier alpha value is -3.38. The van der Waals surface area contributed by atoms with Gasteiger partial charge in [-0.25, -0.2) is 13.4 Å². The number of nitrogens with zero attached hydrogens (tertiary/aromatic N) is 3. The number of aromatic nitrogens is 1. The van der Waals surface area contributed by atoms with Gasteiger partial charge in [0.25, 0.3) is 15.9 Å². The van der Waals surface area contributed by atoms with Gasteiger partial charge in [0.1, 0.15) is 5.52 Å². The van der Waals surface area contributed by atoms with E-state index >= 15 is 0 Å². The fourth-order valence-corrected chi connectivity index (χ4v) is 6.81. The van der Waals surface area contributed by atoms with E-state index in [0.29, 0.717) is 35.1 Å². The molecule has 0 aliphatic carbocycles. The molecule has 1 aliphatic heterocycles. The molecule has 5 rings (SSSR count). The van der Waals surface area contributed by atoms with E-state index in [1.54, 1.807) is 67.0 Å². The number of ether oxygens (including phenoxy) is 1. The molecule has 40 heavy (non-hydrogen) atoms. The summed E-state index contributed by atoms with van der Waals surface area (Å²) in [5.41, 5.74) is 2.48. The Balaban J connectivity index is 1.11. The highest BCUT2D eigenvalue weighted by Gasteiger charge is 2.22. The zero-order valence-electron chi connectivity index (χ0n) is 22.2. The summed E-state index contributed by atoms with van der Waals surface area (Å²) in [6.45, 7) is 6.43. The predicted octanol–water partition coefficient (Wildman–Crippen LogP) is 4.62. The normalized spacial score (nSPS) is 14.3. The van der Waals surface area contributed by atoms with Crippen LogP contribution >= 0.6 is 22.9 Å². The van der Waals surface area contributed by atoms with Gasteiger partial charge in [0.2, 0.25) is 0 Å². The van der Waals surface area contributed by atoms with Crippen LogP contribution in [0.4, 0.5) is 10.8 Å². The van der Waals surface area contributed by atoms with E-state index < -0.39 is 10.0 Å². The van der Waals surface area contributed by atoms with Gasteiger partial charge < -0.3 is 15.0 Å². The van der Waals surface area contributed by atoms with Crippen LogP contribution in [0.3, 0.4) is 0 Å². The third-order valence-electron chi connectivity index (χ3n) is 6.72. The van der Waals surface area contributed by atoms with Crippen LogP contribution in [0.1, 0.15) is 15.9 Å². The van der Waals surface area contributed by atoms with Crippen molar-refractivity contribution in [2.75, 3.05) is 56.0 Å². The van der Waals surface area contributed by atoms with E-state index in [0.717, 1.165) is 47.1 Å². The first-order valence-corrected chi connectivity index (χ1v) is 15.5. The van der Waals surface area contributed by atoms with Crippen molar-refractivity contribution in [3.8, 4) is 5.75 Å². The van der Waals surface area contributed by atoms with Crippen molar-refractivity contribution in [1.82, 2.24) is 15.2 Å². The number of carbonyl (C=O) groups excluding carboxylic acids is 1. The molecule has 1 amide bonds. The van der Waals surface area contributed by atoms with Crippen LogP contribution in [-0.4, -0.2) is 70.6 Å². The monoisotopic (exact) mass is 599 g/mol. The maximum atomic E-state index is 12.8. The molecule has 12 heteroatoms. The lowest BCUT2D eigenvalue weighted by Gasteiger charge is -2.34. The largest absolute Gasteiger partial charge is 0.493 e. The Morgan fingerprint density at radius 1 is 1.07 bits per heavy atom. The number of benzene rings is 3. The number of fused-ring (bicyclic) bond motifs is 1. The number of methoxy groups -OCH3 is 1. The van der Waals surface area contributed by atoms with Crippen LogP contribution in [0.15, 0.2) is 65.6 Å². The van der Waals surface area contributed by atoms with Gasteiger partial charge in [-0.2, -0.15) is 0 Å². The van der Waals surface area contributed by atoms with E-state index in [2.05, 4.69) is 19.8 Å². The number of carbonyl (C=O) groups is 1. The second-order valence-corrected chi connectivity index (χ2v) is 12.6. The number of thiazole rings is 1. The molecule has 9 nitrogen and oxygen atoms in total. The van der Waals surface area contributed by atoms with E-state index in [1.807, 2.05) is 19.1 Å². The predicted molar refractivity (Wildman–Crippen MR) is 161 cm³/mol. The van der Waals surface area contributed by atoms with E-state index in [-0.39, 0.29) is 10.8 Å². The number of piperazine rings is 1. The summed E-state index contributed by atoms with van der Waals surface area (Å²) >= 11 is 7.87. The zero-order valence-corrected chi connectivity index (χ0v) is 24.6. The SMILES string of the molecule is COc1c(Cl)ccc2sc(N3CCN(CCNC(=O)c4cccc(NS(=O)(=O)c5ccc(C)cc5)c4)CC3)nc12. The molecular formula is C28H30ClN5O4S2. The van der Waals surface area contributed by atoms with Gasteiger partial charge in [-0.05, 0) is 49.4 Å². The first-order chi connectivity index (χ1) is 19.2. The highest BCUT2D eigenvalue weighted by molar-refractivity contribution is 7.92. The fourth-order valence-electron chi connectivity index (χ4n) is 4.51. The van der Waals surface area contributed by atoms with Gasteiger partial charge in [-0.3, -0.25) is 14.4 Å². The van der Waals surface area contributed by atoms with Gasteiger partial charge in [0, 0.05) is 50.5 Å². The number of anilines is 2. The molecule has 0 unspecified atom stereocenters. The van der Waals surface area contributed by atoms with Gasteiger partial charge in [0.05, 0.1) is 21.7 Å². The molecule has 0 bridgehead atoms. The molecule has 1 fully saturated rings. The van der Waals surface area contributed by atoms with E-state index in [9.17, 15) is 13.2 Å². The van der Waals surface area contributed by atoms with Crippen LogP contribution < -0.4 is 19.7 Å². The third-order valence-corrected chi connectivity index (χ3v) is 9.50. The lowest BCUT2D eigenvalue weighted by Crippen LogP contribution is -2.48. The summed E-state index contributed by atoms with van der Waals surface area (Å²) in [6, 6.07) is 16.9. The first-order valence-electron chi connectivity index (χ1n) is 12.8. The molecule has 1 saturated heterocycles. The van der Waals surface area contributed by atoms with Gasteiger partial charge in [-0.1, -0.05) is 46.7 Å². The molecule has 2 heterocycles. The van der Waals surface area contributed by atoms with Crippen LogP contribution in [0.2, 0.25) is 5.02 Å². The number of sulfonamides is 1. The Labute approximate surface area is 242 Å². The van der Waals surface area contributed by atoms with Crippen LogP contribution in [-0.2, 0) is 10.0 Å². The summed E-state index contributed by atoms with van der Waals surface area (Å²) in [7, 11) is -2.15. The standard InChI is InChI=1S/C28H30ClN5O4S2/c1-19-6-8-22(9-7-19)40(36,37)32-21-5-3-4-20(18-21)27(35)30-12-13-33-14-16-34(17-15-33)28-31-25-24(39-28)11-10-23(29)26(25)38-2/h3-11,18,32H,12-17H2,1-2H3,(H,30,35). The van der Waals surface area contributed by atoms with Crippen molar-refractivity contribution >= 4 is 59.9 Å². The lowest BCUT2D eigenvalue weighted by molar-refractivity contribution is 0.0948. The minimum Gasteiger partial charge on any atom is -0.493 e. The molecule has 1 aliphatic rings. The fraction of sp³-hybridized carbons (Fsp3) is 0.286. The Kier molecular flexibility index (Phi) is 8.46. The topological polar surface area (TPSA) is 104 Å². The number of hydrogen-bond acceptors (Lipinski definition) is 8. The molecule has 1 aromatic heterocycles. The third kappa shape index (κ3) is 6.33. The number of aryl methyl sites for hydroxylation is 1. The molecule has 0 atom stereocenters. The average molecular weight is 600 g/mol. The minimum atomic E-state index is -3.75. The molecule has 2 N–H and O–H groups in total. The summed E-state index contributed by atoms with van der Waals surface area (Å²) in [4.78, 5) is 22.3. The first kappa shape index (κ1) is 28.2. The Bertz CT molecular complexity index is 1620. The number of hydrogen-bond donors (Lipinski definition) is 2. The number of amides is 1. The highest BCUT2D eigenvalue weighted by atomic mass is 35.5. The van der Waals surface area contributed by atoms with Gasteiger partial charge in [0.15, 0.2) is 10.9 Å². The van der Waals surface area contributed by atoms with Gasteiger partial charge >= 0.3 is 0 Å². The van der Waals surface area contributed by atoms with Crippen molar-refractivity contribution in [3.05, 3.63) is 76.8 Å². The second-order valence-electron chi connectivity index (χ2n) is 9.51. The van der Waals surface area contributed by atoms with Crippen molar-refractivity contribution in [1.29, 1.82) is 0 Å². The molecule has 3 aromatic carbocycles. The Morgan fingerprint density at radius 3 is 2.55 bits per heavy atom. The molecule has 0 spiro atoms.